The third-order valence-corrected chi connectivity index (χ3v) is 4.62. The number of nitriles is 1. The Morgan fingerprint density at radius 2 is 2.04 bits per heavy atom. The monoisotopic (exact) mass is 342 g/mol. The fourth-order valence-corrected chi connectivity index (χ4v) is 2.89. The van der Waals surface area contributed by atoms with Crippen LogP contribution in [0, 0.1) is 11.3 Å². The van der Waals surface area contributed by atoms with E-state index in [9.17, 15) is 10.1 Å². The van der Waals surface area contributed by atoms with Gasteiger partial charge < -0.3 is 19.9 Å². The summed E-state index contributed by atoms with van der Waals surface area (Å²) in [5.41, 5.74) is 1.18. The molecule has 1 N–H and O–H groups in total. The Kier molecular flexibility index (Phi) is 6.84. The molecule has 0 bridgehead atoms. The number of likely N-dealkylation sites (N-methyl/N-ethyl adjacent to an activating group) is 1. The Morgan fingerprint density at radius 1 is 1.40 bits per heavy atom. The van der Waals surface area contributed by atoms with Crippen LogP contribution in [0.15, 0.2) is 36.0 Å². The van der Waals surface area contributed by atoms with Gasteiger partial charge in [0.05, 0.1) is 7.11 Å². The number of benzene rings is 1. The van der Waals surface area contributed by atoms with E-state index >= 15 is 0 Å². The number of methoxy groups -OCH3 is 1. The Bertz CT molecular complexity index is 640. The molecular weight excluding hydrogens is 316 g/mol. The second-order valence-corrected chi connectivity index (χ2v) is 6.35. The number of amides is 1. The van der Waals surface area contributed by atoms with E-state index in [1.165, 1.54) is 6.20 Å². The molecule has 0 spiro atoms. The summed E-state index contributed by atoms with van der Waals surface area (Å²) >= 11 is 0. The molecule has 0 atom stereocenters. The van der Waals surface area contributed by atoms with Crippen molar-refractivity contribution in [1.82, 2.24) is 15.1 Å². The van der Waals surface area contributed by atoms with Crippen LogP contribution in [0.5, 0.6) is 5.75 Å². The molecular formula is C19H26N4O2. The first-order valence-electron chi connectivity index (χ1n) is 8.47. The van der Waals surface area contributed by atoms with Crippen molar-refractivity contribution in [2.24, 2.45) is 0 Å². The normalized spacial score (nSPS) is 16.2. The molecule has 1 aliphatic heterocycles. The summed E-state index contributed by atoms with van der Waals surface area (Å²) in [5.74, 6) is 0.575. The van der Waals surface area contributed by atoms with Crippen LogP contribution in [0.2, 0.25) is 0 Å². The summed E-state index contributed by atoms with van der Waals surface area (Å²) in [6.07, 6.45) is 3.39. The number of ether oxygens (including phenoxy) is 1. The number of carbonyl (C=O) groups excluding carboxylic acids is 1. The number of piperidine rings is 1. The van der Waals surface area contributed by atoms with Gasteiger partial charge in [0.15, 0.2) is 0 Å². The van der Waals surface area contributed by atoms with Gasteiger partial charge in [-0.15, -0.1) is 0 Å². The Morgan fingerprint density at radius 3 is 2.60 bits per heavy atom. The lowest BCUT2D eigenvalue weighted by Crippen LogP contribution is -2.45. The van der Waals surface area contributed by atoms with E-state index in [4.69, 9.17) is 4.74 Å². The van der Waals surface area contributed by atoms with E-state index in [0.29, 0.717) is 6.54 Å². The number of hydrogen-bond acceptors (Lipinski definition) is 5. The van der Waals surface area contributed by atoms with E-state index in [1.807, 2.05) is 30.3 Å². The smallest absolute Gasteiger partial charge is 0.265 e. The number of hydrogen-bond donors (Lipinski definition) is 1. The highest BCUT2D eigenvalue weighted by molar-refractivity contribution is 5.97. The number of nitrogens with one attached hydrogen (secondary N) is 1. The van der Waals surface area contributed by atoms with Crippen LogP contribution in [0.1, 0.15) is 18.4 Å². The Balaban J connectivity index is 1.91. The van der Waals surface area contributed by atoms with Crippen LogP contribution >= 0.6 is 0 Å². The summed E-state index contributed by atoms with van der Waals surface area (Å²) in [4.78, 5) is 16.5. The molecule has 1 aromatic rings. The minimum atomic E-state index is -0.223. The topological polar surface area (TPSA) is 68.6 Å². The lowest BCUT2D eigenvalue weighted by molar-refractivity contribution is -0.128. The molecule has 1 aliphatic rings. The first-order valence-corrected chi connectivity index (χ1v) is 8.47. The third kappa shape index (κ3) is 5.23. The molecule has 1 aromatic carbocycles. The largest absolute Gasteiger partial charge is 0.497 e. The maximum Gasteiger partial charge on any atom is 0.265 e. The highest BCUT2D eigenvalue weighted by Gasteiger charge is 2.25. The van der Waals surface area contributed by atoms with Crippen LogP contribution in [0.3, 0.4) is 0 Å². The van der Waals surface area contributed by atoms with Crippen molar-refractivity contribution in [2.75, 3.05) is 34.3 Å². The number of carbonyl (C=O) groups is 1. The quantitative estimate of drug-likeness (QED) is 0.630. The van der Waals surface area contributed by atoms with Crippen LogP contribution in [0.25, 0.3) is 0 Å². The highest BCUT2D eigenvalue weighted by Crippen LogP contribution is 2.16. The van der Waals surface area contributed by atoms with Gasteiger partial charge in [-0.3, -0.25) is 4.79 Å². The maximum atomic E-state index is 12.5. The molecule has 6 nitrogen and oxygen atoms in total. The minimum absolute atomic E-state index is 0.134. The lowest BCUT2D eigenvalue weighted by atomic mass is 10.0. The predicted molar refractivity (Wildman–Crippen MR) is 96.8 cm³/mol. The molecule has 2 rings (SSSR count). The van der Waals surface area contributed by atoms with Crippen molar-refractivity contribution in [3.8, 4) is 11.8 Å². The van der Waals surface area contributed by atoms with Crippen molar-refractivity contribution < 1.29 is 9.53 Å². The van der Waals surface area contributed by atoms with Crippen molar-refractivity contribution in [1.29, 1.82) is 5.26 Å². The average Bonchev–Trinajstić information content (AvgIpc) is 2.65. The lowest BCUT2D eigenvalue weighted by Gasteiger charge is -2.34. The summed E-state index contributed by atoms with van der Waals surface area (Å²) < 4.78 is 5.12. The van der Waals surface area contributed by atoms with Crippen LogP contribution in [-0.2, 0) is 11.3 Å². The standard InChI is InChI=1S/C19H26N4O2/c1-22-10-8-17(9-11-22)23(2)19(24)16(12-20)14-21-13-15-4-6-18(25-3)7-5-15/h4-7,14,17,21H,8-11,13H2,1-3H3/b16-14-. The van der Waals surface area contributed by atoms with Gasteiger partial charge in [-0.25, -0.2) is 0 Å². The fraction of sp³-hybridized carbons (Fsp3) is 0.474. The molecule has 25 heavy (non-hydrogen) atoms. The van der Waals surface area contributed by atoms with Crippen LogP contribution in [-0.4, -0.2) is 56.0 Å². The maximum absolute atomic E-state index is 12.5. The SMILES string of the molecule is COc1ccc(CN/C=C(/C#N)C(=O)N(C)C2CCN(C)CC2)cc1. The van der Waals surface area contributed by atoms with E-state index in [2.05, 4.69) is 17.3 Å². The Hall–Kier alpha value is -2.52. The van der Waals surface area contributed by atoms with Crippen molar-refractivity contribution in [3.63, 3.8) is 0 Å². The molecule has 0 radical (unpaired) electrons. The molecule has 1 fully saturated rings. The predicted octanol–water partition coefficient (Wildman–Crippen LogP) is 1.74. The summed E-state index contributed by atoms with van der Waals surface area (Å²) in [6.45, 7) is 2.49. The number of nitrogens with zero attached hydrogens (tertiary/aromatic N) is 3. The van der Waals surface area contributed by atoms with Gasteiger partial charge in [-0.2, -0.15) is 5.26 Å². The molecule has 0 aromatic heterocycles. The van der Waals surface area contributed by atoms with Crippen molar-refractivity contribution in [2.45, 2.75) is 25.4 Å². The van der Waals surface area contributed by atoms with E-state index in [-0.39, 0.29) is 17.5 Å². The Labute approximate surface area is 149 Å². The molecule has 1 amide bonds. The zero-order valence-corrected chi connectivity index (χ0v) is 15.2. The number of likely N-dealkylation sites (tertiary alicyclic amines) is 1. The second kappa shape index (κ2) is 9.09. The van der Waals surface area contributed by atoms with Crippen LogP contribution in [0.4, 0.5) is 0 Å². The summed E-state index contributed by atoms with van der Waals surface area (Å²) in [7, 11) is 5.50. The molecule has 0 aliphatic carbocycles. The first kappa shape index (κ1) is 18.8. The van der Waals surface area contributed by atoms with Gasteiger partial charge >= 0.3 is 0 Å². The number of rotatable bonds is 6. The van der Waals surface area contributed by atoms with Gasteiger partial charge in [0, 0.05) is 25.8 Å². The van der Waals surface area contributed by atoms with E-state index in [1.54, 1.807) is 19.1 Å². The van der Waals surface area contributed by atoms with Gasteiger partial charge in [0.2, 0.25) is 0 Å². The molecule has 0 unspecified atom stereocenters. The first-order chi connectivity index (χ1) is 12.0. The summed E-state index contributed by atoms with van der Waals surface area (Å²) in [6, 6.07) is 9.85. The zero-order chi connectivity index (χ0) is 18.2. The second-order valence-electron chi connectivity index (χ2n) is 6.35. The van der Waals surface area contributed by atoms with Gasteiger partial charge in [-0.1, -0.05) is 12.1 Å². The molecule has 1 saturated heterocycles. The van der Waals surface area contributed by atoms with Gasteiger partial charge in [-0.05, 0) is 50.7 Å². The molecule has 6 heteroatoms. The highest BCUT2D eigenvalue weighted by atomic mass is 16.5. The van der Waals surface area contributed by atoms with Gasteiger partial charge in [0.25, 0.3) is 5.91 Å². The molecule has 134 valence electrons. The minimum Gasteiger partial charge on any atom is -0.497 e. The third-order valence-electron chi connectivity index (χ3n) is 4.62. The van der Waals surface area contributed by atoms with Crippen molar-refractivity contribution >= 4 is 5.91 Å². The fourth-order valence-electron chi connectivity index (χ4n) is 2.89. The van der Waals surface area contributed by atoms with Crippen molar-refractivity contribution in [3.05, 3.63) is 41.6 Å². The average molecular weight is 342 g/mol. The van der Waals surface area contributed by atoms with Crippen LogP contribution < -0.4 is 10.1 Å². The summed E-state index contributed by atoms with van der Waals surface area (Å²) in [5, 5.41) is 12.4. The van der Waals surface area contributed by atoms with E-state index in [0.717, 1.165) is 37.2 Å². The van der Waals surface area contributed by atoms with E-state index < -0.39 is 0 Å². The molecule has 0 saturated carbocycles. The van der Waals surface area contributed by atoms with Gasteiger partial charge in [0.1, 0.15) is 17.4 Å². The molecule has 1 heterocycles. The zero-order valence-electron chi connectivity index (χ0n) is 15.2.